The summed E-state index contributed by atoms with van der Waals surface area (Å²) in [6, 6.07) is -0.642. The lowest BCUT2D eigenvalue weighted by Crippen LogP contribution is -2.45. The molecule has 4 heteroatoms. The summed E-state index contributed by atoms with van der Waals surface area (Å²) in [5.74, 6) is -0.0750. The van der Waals surface area contributed by atoms with Crippen LogP contribution >= 0.6 is 0 Å². The minimum absolute atomic E-state index is 0.0750. The molecule has 0 bridgehead atoms. The standard InChI is InChI=1S/C58H111NO3/c1-3-5-7-9-11-13-15-16-17-18-19-20-21-22-23-24-25-26-27-28-29-30-31-32-33-34-35-36-37-38-39-40-41-42-44-46-48-50-52-54-58(62)59-56(55-60)57(61)53-51-49-47-45-43-14-12-10-8-6-4-2/h8,10,43,45,51,53,56-57,60-61H,3-7,9,11-42,44,46-50,52,54-55H2,1-2H3,(H,59,62)/b10-8+,45-43+,53-51+. The molecule has 1 amide bonds. The summed E-state index contributed by atoms with van der Waals surface area (Å²) < 4.78 is 0. The van der Waals surface area contributed by atoms with Gasteiger partial charge in [-0.3, -0.25) is 4.79 Å². The van der Waals surface area contributed by atoms with Crippen molar-refractivity contribution in [2.45, 2.75) is 321 Å². The van der Waals surface area contributed by atoms with Crippen molar-refractivity contribution >= 4 is 5.91 Å². The van der Waals surface area contributed by atoms with Crippen molar-refractivity contribution in [3.05, 3.63) is 36.5 Å². The lowest BCUT2D eigenvalue weighted by atomic mass is 10.0. The highest BCUT2D eigenvalue weighted by molar-refractivity contribution is 5.76. The van der Waals surface area contributed by atoms with Gasteiger partial charge in [0.25, 0.3) is 0 Å². The van der Waals surface area contributed by atoms with Crippen LogP contribution in [0.25, 0.3) is 0 Å². The molecule has 62 heavy (non-hydrogen) atoms. The van der Waals surface area contributed by atoms with Gasteiger partial charge in [-0.15, -0.1) is 0 Å². The molecule has 0 saturated heterocycles. The van der Waals surface area contributed by atoms with E-state index in [1.165, 1.54) is 244 Å². The SMILES string of the molecule is CCC/C=C/CC/C=C/CC/C=C/C(O)C(CO)NC(=O)CCCCCCCCCCCCCCCCCCCCCCCCCCCCCCCCCCCCCCCCC. The Morgan fingerprint density at radius 2 is 0.629 bits per heavy atom. The van der Waals surface area contributed by atoms with Crippen LogP contribution in [0.1, 0.15) is 309 Å². The van der Waals surface area contributed by atoms with Gasteiger partial charge in [-0.25, -0.2) is 0 Å². The first-order valence-electron chi connectivity index (χ1n) is 28.2. The number of aliphatic hydroxyl groups is 2. The van der Waals surface area contributed by atoms with Gasteiger partial charge in [-0.1, -0.05) is 301 Å². The molecule has 0 aromatic rings. The maximum Gasteiger partial charge on any atom is 0.220 e. The van der Waals surface area contributed by atoms with Crippen molar-refractivity contribution in [3.8, 4) is 0 Å². The molecule has 0 aromatic carbocycles. The van der Waals surface area contributed by atoms with Gasteiger partial charge in [-0.05, 0) is 38.5 Å². The summed E-state index contributed by atoms with van der Waals surface area (Å²) in [7, 11) is 0. The maximum atomic E-state index is 12.4. The van der Waals surface area contributed by atoms with Crippen molar-refractivity contribution in [1.29, 1.82) is 0 Å². The summed E-state index contributed by atoms with van der Waals surface area (Å²) in [5, 5.41) is 23.0. The van der Waals surface area contributed by atoms with Gasteiger partial charge >= 0.3 is 0 Å². The van der Waals surface area contributed by atoms with Gasteiger partial charge in [0.1, 0.15) is 0 Å². The third-order valence-corrected chi connectivity index (χ3v) is 13.1. The van der Waals surface area contributed by atoms with Crippen LogP contribution in [0.3, 0.4) is 0 Å². The number of carbonyl (C=O) groups is 1. The first kappa shape index (κ1) is 60.6. The van der Waals surface area contributed by atoms with Gasteiger partial charge in [0.15, 0.2) is 0 Å². The predicted molar refractivity (Wildman–Crippen MR) is 276 cm³/mol. The highest BCUT2D eigenvalue weighted by atomic mass is 16.3. The summed E-state index contributed by atoms with van der Waals surface area (Å²) in [6.07, 6.45) is 73.5. The summed E-state index contributed by atoms with van der Waals surface area (Å²) in [5.41, 5.74) is 0. The van der Waals surface area contributed by atoms with Gasteiger partial charge < -0.3 is 15.5 Å². The molecular formula is C58H111NO3. The molecule has 0 radical (unpaired) electrons. The van der Waals surface area contributed by atoms with E-state index in [0.29, 0.717) is 6.42 Å². The normalized spacial score (nSPS) is 13.0. The van der Waals surface area contributed by atoms with Crippen LogP contribution in [0, 0.1) is 0 Å². The Hall–Kier alpha value is -1.39. The Balaban J connectivity index is 3.34. The highest BCUT2D eigenvalue weighted by Crippen LogP contribution is 2.18. The van der Waals surface area contributed by atoms with Crippen molar-refractivity contribution in [2.24, 2.45) is 0 Å². The molecule has 0 aliphatic rings. The van der Waals surface area contributed by atoms with Crippen molar-refractivity contribution in [2.75, 3.05) is 6.61 Å². The first-order valence-corrected chi connectivity index (χ1v) is 28.2. The molecule has 0 spiro atoms. The topological polar surface area (TPSA) is 69.6 Å². The van der Waals surface area contributed by atoms with Gasteiger partial charge in [0.2, 0.25) is 5.91 Å². The number of hydrogen-bond acceptors (Lipinski definition) is 3. The van der Waals surface area contributed by atoms with Crippen molar-refractivity contribution < 1.29 is 15.0 Å². The molecule has 0 fully saturated rings. The zero-order valence-corrected chi connectivity index (χ0v) is 42.2. The molecule has 0 rings (SSSR count). The van der Waals surface area contributed by atoms with Crippen LogP contribution in [-0.2, 0) is 4.79 Å². The highest BCUT2D eigenvalue weighted by Gasteiger charge is 2.18. The Bertz CT molecular complexity index is 943. The largest absolute Gasteiger partial charge is 0.394 e. The third kappa shape index (κ3) is 49.6. The van der Waals surface area contributed by atoms with E-state index in [-0.39, 0.29) is 12.5 Å². The molecule has 0 heterocycles. The summed E-state index contributed by atoms with van der Waals surface area (Å²) in [4.78, 5) is 12.4. The first-order chi connectivity index (χ1) is 30.7. The van der Waals surface area contributed by atoms with Crippen molar-refractivity contribution in [3.63, 3.8) is 0 Å². The van der Waals surface area contributed by atoms with Crippen molar-refractivity contribution in [1.82, 2.24) is 5.32 Å². The van der Waals surface area contributed by atoms with Crippen LogP contribution < -0.4 is 5.32 Å². The van der Waals surface area contributed by atoms with E-state index >= 15 is 0 Å². The molecule has 2 atom stereocenters. The van der Waals surface area contributed by atoms with Crippen LogP contribution in [0.4, 0.5) is 0 Å². The number of nitrogens with one attached hydrogen (secondary N) is 1. The van der Waals surface area contributed by atoms with E-state index in [4.69, 9.17) is 0 Å². The smallest absolute Gasteiger partial charge is 0.220 e. The lowest BCUT2D eigenvalue weighted by molar-refractivity contribution is -0.123. The fraction of sp³-hybridized carbons (Fsp3) is 0.879. The van der Waals surface area contributed by atoms with Crippen LogP contribution in [-0.4, -0.2) is 34.9 Å². The maximum absolute atomic E-state index is 12.4. The number of aliphatic hydroxyl groups excluding tert-OH is 2. The molecular weight excluding hydrogens is 759 g/mol. The van der Waals surface area contributed by atoms with Gasteiger partial charge in [0, 0.05) is 6.42 Å². The number of hydrogen-bond donors (Lipinski definition) is 3. The van der Waals surface area contributed by atoms with E-state index in [1.54, 1.807) is 6.08 Å². The molecule has 2 unspecified atom stereocenters. The zero-order chi connectivity index (χ0) is 44.9. The molecule has 0 aromatic heterocycles. The second kappa shape index (κ2) is 53.9. The number of allylic oxidation sites excluding steroid dienone is 5. The molecule has 366 valence electrons. The van der Waals surface area contributed by atoms with Gasteiger partial charge in [-0.2, -0.15) is 0 Å². The number of amides is 1. The fourth-order valence-electron chi connectivity index (χ4n) is 8.81. The Morgan fingerprint density at radius 1 is 0.371 bits per heavy atom. The number of rotatable bonds is 52. The molecule has 0 saturated carbocycles. The van der Waals surface area contributed by atoms with Crippen LogP contribution in [0.5, 0.6) is 0 Å². The monoisotopic (exact) mass is 870 g/mol. The molecule has 3 N–H and O–H groups in total. The average Bonchev–Trinajstić information content (AvgIpc) is 3.28. The van der Waals surface area contributed by atoms with E-state index in [0.717, 1.165) is 44.9 Å². The number of carbonyl (C=O) groups excluding carboxylic acids is 1. The van der Waals surface area contributed by atoms with E-state index in [2.05, 4.69) is 43.5 Å². The summed E-state index contributed by atoms with van der Waals surface area (Å²) in [6.45, 7) is 4.24. The molecule has 0 aliphatic carbocycles. The number of unbranched alkanes of at least 4 members (excludes halogenated alkanes) is 41. The molecule has 0 aliphatic heterocycles. The Labute approximate surface area is 389 Å². The lowest BCUT2D eigenvalue weighted by Gasteiger charge is -2.19. The van der Waals surface area contributed by atoms with E-state index in [9.17, 15) is 15.0 Å². The van der Waals surface area contributed by atoms with E-state index < -0.39 is 12.1 Å². The second-order valence-corrected chi connectivity index (χ2v) is 19.3. The van der Waals surface area contributed by atoms with Gasteiger partial charge in [0.05, 0.1) is 18.8 Å². The quantitative estimate of drug-likeness (QED) is 0.0421. The molecule has 4 nitrogen and oxygen atoms in total. The Morgan fingerprint density at radius 3 is 0.903 bits per heavy atom. The zero-order valence-electron chi connectivity index (χ0n) is 42.2. The Kier molecular flexibility index (Phi) is 52.7. The second-order valence-electron chi connectivity index (χ2n) is 19.3. The average molecular weight is 871 g/mol. The minimum atomic E-state index is -0.866. The van der Waals surface area contributed by atoms with Crippen LogP contribution in [0.2, 0.25) is 0 Å². The fourth-order valence-corrected chi connectivity index (χ4v) is 8.81. The van der Waals surface area contributed by atoms with E-state index in [1.807, 2.05) is 6.08 Å². The third-order valence-electron chi connectivity index (χ3n) is 13.1. The van der Waals surface area contributed by atoms with Crippen LogP contribution in [0.15, 0.2) is 36.5 Å². The predicted octanol–water partition coefficient (Wildman–Crippen LogP) is 18.5. The summed E-state index contributed by atoms with van der Waals surface area (Å²) >= 11 is 0. The minimum Gasteiger partial charge on any atom is -0.394 e.